The van der Waals surface area contributed by atoms with Crippen molar-refractivity contribution in [3.8, 4) is 0 Å². The molecule has 1 aromatic carbocycles. The van der Waals surface area contributed by atoms with Crippen LogP contribution in [0.15, 0.2) is 29.6 Å². The fourth-order valence-corrected chi connectivity index (χ4v) is 3.32. The molecule has 3 N–H and O–H groups in total. The number of rotatable bonds is 5. The van der Waals surface area contributed by atoms with E-state index in [1.807, 2.05) is 12.1 Å². The molecule has 1 amide bonds. The molecular formula is C18H26ClN3OS. The number of amides is 1. The van der Waals surface area contributed by atoms with Crippen molar-refractivity contribution in [3.05, 3.63) is 51.5 Å². The van der Waals surface area contributed by atoms with Crippen molar-refractivity contribution >= 4 is 29.7 Å². The van der Waals surface area contributed by atoms with Gasteiger partial charge in [-0.1, -0.05) is 45.0 Å². The number of hydrogen-bond acceptors (Lipinski definition) is 4. The Morgan fingerprint density at radius 3 is 2.58 bits per heavy atom. The van der Waals surface area contributed by atoms with Crippen LogP contribution in [0.2, 0.25) is 0 Å². The number of carbonyl (C=O) groups excluding carboxylic acids is 1. The molecule has 0 spiro atoms. The van der Waals surface area contributed by atoms with Crippen molar-refractivity contribution < 1.29 is 4.79 Å². The summed E-state index contributed by atoms with van der Waals surface area (Å²) in [6.07, 6.45) is 0.707. The summed E-state index contributed by atoms with van der Waals surface area (Å²) >= 11 is 1.48. The van der Waals surface area contributed by atoms with Crippen LogP contribution in [-0.4, -0.2) is 17.4 Å². The van der Waals surface area contributed by atoms with Crippen LogP contribution < -0.4 is 11.1 Å². The van der Waals surface area contributed by atoms with Crippen LogP contribution in [0.4, 0.5) is 0 Å². The third-order valence-corrected chi connectivity index (χ3v) is 4.69. The molecule has 0 fully saturated rings. The smallest absolute Gasteiger partial charge is 0.271 e. The average molecular weight is 368 g/mol. The van der Waals surface area contributed by atoms with E-state index >= 15 is 0 Å². The minimum absolute atomic E-state index is 0. The first kappa shape index (κ1) is 20.6. The van der Waals surface area contributed by atoms with Crippen molar-refractivity contribution in [1.82, 2.24) is 10.3 Å². The lowest BCUT2D eigenvalue weighted by Crippen LogP contribution is -2.37. The molecule has 0 bridgehead atoms. The SMILES string of the molecule is Cc1ccccc1C(NC(=O)c1csc(CCN)n1)C(C)(C)C.Cl. The zero-order chi connectivity index (χ0) is 17.0. The van der Waals surface area contributed by atoms with Gasteiger partial charge in [0.1, 0.15) is 5.69 Å². The number of aromatic nitrogens is 1. The molecule has 0 radical (unpaired) electrons. The predicted molar refractivity (Wildman–Crippen MR) is 103 cm³/mol. The Morgan fingerprint density at radius 2 is 2.00 bits per heavy atom. The molecule has 2 aromatic rings. The Balaban J connectivity index is 0.00000288. The van der Waals surface area contributed by atoms with Gasteiger partial charge >= 0.3 is 0 Å². The van der Waals surface area contributed by atoms with Gasteiger partial charge in [-0.15, -0.1) is 23.7 Å². The Kier molecular flexibility index (Phi) is 7.39. The summed E-state index contributed by atoms with van der Waals surface area (Å²) < 4.78 is 0. The quantitative estimate of drug-likeness (QED) is 0.842. The van der Waals surface area contributed by atoms with Crippen LogP contribution in [0, 0.1) is 12.3 Å². The second-order valence-electron chi connectivity index (χ2n) is 6.79. The third kappa shape index (κ3) is 5.03. The van der Waals surface area contributed by atoms with E-state index in [9.17, 15) is 4.79 Å². The second-order valence-corrected chi connectivity index (χ2v) is 7.74. The maximum absolute atomic E-state index is 12.6. The average Bonchev–Trinajstić information content (AvgIpc) is 2.93. The highest BCUT2D eigenvalue weighted by Gasteiger charge is 2.29. The predicted octanol–water partition coefficient (Wildman–Crippen LogP) is 3.89. The molecule has 132 valence electrons. The zero-order valence-electron chi connectivity index (χ0n) is 14.6. The van der Waals surface area contributed by atoms with E-state index in [2.05, 4.69) is 50.1 Å². The van der Waals surface area contributed by atoms with Crippen molar-refractivity contribution in [3.63, 3.8) is 0 Å². The van der Waals surface area contributed by atoms with E-state index < -0.39 is 0 Å². The highest BCUT2D eigenvalue weighted by Crippen LogP contribution is 2.34. The number of hydrogen-bond donors (Lipinski definition) is 2. The molecule has 1 aromatic heterocycles. The molecule has 0 saturated heterocycles. The molecule has 24 heavy (non-hydrogen) atoms. The summed E-state index contributed by atoms with van der Waals surface area (Å²) in [5, 5.41) is 5.87. The van der Waals surface area contributed by atoms with Gasteiger partial charge in [0.15, 0.2) is 0 Å². The van der Waals surface area contributed by atoms with Gasteiger partial charge in [0.2, 0.25) is 0 Å². The van der Waals surface area contributed by atoms with Crippen molar-refractivity contribution in [2.75, 3.05) is 6.54 Å². The van der Waals surface area contributed by atoms with Crippen LogP contribution in [-0.2, 0) is 6.42 Å². The molecule has 1 heterocycles. The van der Waals surface area contributed by atoms with Crippen molar-refractivity contribution in [2.24, 2.45) is 11.1 Å². The molecule has 0 aliphatic heterocycles. The second kappa shape index (κ2) is 8.60. The van der Waals surface area contributed by atoms with Crippen LogP contribution >= 0.6 is 23.7 Å². The van der Waals surface area contributed by atoms with Gasteiger partial charge in [0, 0.05) is 11.8 Å². The molecule has 0 aliphatic rings. The van der Waals surface area contributed by atoms with E-state index in [-0.39, 0.29) is 29.8 Å². The van der Waals surface area contributed by atoms with Gasteiger partial charge in [-0.25, -0.2) is 4.98 Å². The maximum atomic E-state index is 12.6. The van der Waals surface area contributed by atoms with E-state index in [1.54, 1.807) is 5.38 Å². The van der Waals surface area contributed by atoms with Crippen LogP contribution in [0.1, 0.15) is 53.4 Å². The Bertz CT molecular complexity index is 679. The third-order valence-electron chi connectivity index (χ3n) is 3.78. The summed E-state index contributed by atoms with van der Waals surface area (Å²) in [5.41, 5.74) is 8.24. The molecule has 0 aliphatic carbocycles. The van der Waals surface area contributed by atoms with Crippen LogP contribution in [0.5, 0.6) is 0 Å². The van der Waals surface area contributed by atoms with Gasteiger partial charge in [0.25, 0.3) is 5.91 Å². The van der Waals surface area contributed by atoms with E-state index in [0.717, 1.165) is 10.6 Å². The van der Waals surface area contributed by atoms with E-state index in [4.69, 9.17) is 5.73 Å². The Labute approximate surface area is 154 Å². The lowest BCUT2D eigenvalue weighted by atomic mass is 9.81. The molecule has 4 nitrogen and oxygen atoms in total. The fraction of sp³-hybridized carbons (Fsp3) is 0.444. The molecule has 2 rings (SSSR count). The van der Waals surface area contributed by atoms with Gasteiger partial charge in [-0.3, -0.25) is 4.79 Å². The summed E-state index contributed by atoms with van der Waals surface area (Å²) in [5.74, 6) is -0.132. The topological polar surface area (TPSA) is 68.0 Å². The number of nitrogens with zero attached hydrogens (tertiary/aromatic N) is 1. The summed E-state index contributed by atoms with van der Waals surface area (Å²) in [6, 6.07) is 8.10. The minimum atomic E-state index is -0.132. The molecular weight excluding hydrogens is 342 g/mol. The summed E-state index contributed by atoms with van der Waals surface area (Å²) in [7, 11) is 0. The van der Waals surface area contributed by atoms with Gasteiger partial charge in [-0.2, -0.15) is 0 Å². The van der Waals surface area contributed by atoms with Crippen LogP contribution in [0.3, 0.4) is 0 Å². The number of nitrogens with two attached hydrogens (primary N) is 1. The number of thiazole rings is 1. The monoisotopic (exact) mass is 367 g/mol. The van der Waals surface area contributed by atoms with E-state index in [0.29, 0.717) is 18.7 Å². The molecule has 1 atom stereocenters. The largest absolute Gasteiger partial charge is 0.343 e. The number of halogens is 1. The zero-order valence-corrected chi connectivity index (χ0v) is 16.3. The summed E-state index contributed by atoms with van der Waals surface area (Å²) in [4.78, 5) is 17.0. The van der Waals surface area contributed by atoms with Gasteiger partial charge in [-0.05, 0) is 30.0 Å². The molecule has 6 heteroatoms. The van der Waals surface area contributed by atoms with Gasteiger partial charge < -0.3 is 11.1 Å². The lowest BCUT2D eigenvalue weighted by Gasteiger charge is -2.32. The number of nitrogens with one attached hydrogen (secondary N) is 1. The van der Waals surface area contributed by atoms with Gasteiger partial charge in [0.05, 0.1) is 11.0 Å². The van der Waals surface area contributed by atoms with E-state index in [1.165, 1.54) is 16.9 Å². The standard InChI is InChI=1S/C18H25N3OS.ClH/c1-12-7-5-6-8-13(12)16(18(2,3)4)21-17(22)14-11-23-15(20-14)9-10-19;/h5-8,11,16H,9-10,19H2,1-4H3,(H,21,22);1H. The van der Waals surface area contributed by atoms with Crippen LogP contribution in [0.25, 0.3) is 0 Å². The number of benzene rings is 1. The first-order valence-corrected chi connectivity index (χ1v) is 8.71. The van der Waals surface area contributed by atoms with Crippen molar-refractivity contribution in [2.45, 2.75) is 40.2 Å². The Morgan fingerprint density at radius 1 is 1.33 bits per heavy atom. The fourth-order valence-electron chi connectivity index (χ4n) is 2.53. The normalized spacial score (nSPS) is 12.4. The first-order valence-electron chi connectivity index (χ1n) is 7.84. The number of carbonyl (C=O) groups is 1. The molecule has 1 unspecified atom stereocenters. The number of aryl methyl sites for hydroxylation is 1. The minimum Gasteiger partial charge on any atom is -0.343 e. The maximum Gasteiger partial charge on any atom is 0.271 e. The first-order chi connectivity index (χ1) is 10.8. The molecule has 0 saturated carbocycles. The van der Waals surface area contributed by atoms with Crippen molar-refractivity contribution in [1.29, 1.82) is 0 Å². The lowest BCUT2D eigenvalue weighted by molar-refractivity contribution is 0.0897. The summed E-state index contributed by atoms with van der Waals surface area (Å²) in [6.45, 7) is 9.01. The highest BCUT2D eigenvalue weighted by atomic mass is 35.5. The Hall–Kier alpha value is -1.43. The highest BCUT2D eigenvalue weighted by molar-refractivity contribution is 7.09.